The van der Waals surface area contributed by atoms with Crippen LogP contribution in [0.5, 0.6) is 5.75 Å². The predicted octanol–water partition coefficient (Wildman–Crippen LogP) is 2.59. The lowest BCUT2D eigenvalue weighted by Gasteiger charge is -2.11. The van der Waals surface area contributed by atoms with Gasteiger partial charge in [-0.15, -0.1) is 0 Å². The van der Waals surface area contributed by atoms with Crippen LogP contribution in [0.15, 0.2) is 24.3 Å². The van der Waals surface area contributed by atoms with Gasteiger partial charge in [0.15, 0.2) is 5.69 Å². The van der Waals surface area contributed by atoms with E-state index in [1.807, 2.05) is 39.0 Å². The van der Waals surface area contributed by atoms with Crippen LogP contribution in [0.25, 0.3) is 0 Å². The quantitative estimate of drug-likeness (QED) is 0.910. The second-order valence-electron chi connectivity index (χ2n) is 4.75. The van der Waals surface area contributed by atoms with Gasteiger partial charge in [0.2, 0.25) is 0 Å². The zero-order chi connectivity index (χ0) is 14.7. The summed E-state index contributed by atoms with van der Waals surface area (Å²) in [6.07, 6.45) is 0. The summed E-state index contributed by atoms with van der Waals surface area (Å²) in [4.78, 5) is 10.8. The van der Waals surface area contributed by atoms with E-state index in [1.54, 1.807) is 10.7 Å². The van der Waals surface area contributed by atoms with Crippen molar-refractivity contribution >= 4 is 5.97 Å². The molecule has 20 heavy (non-hydrogen) atoms. The number of hydrogen-bond donors (Lipinski definition) is 1. The van der Waals surface area contributed by atoms with Gasteiger partial charge in [-0.1, -0.05) is 12.1 Å². The molecule has 0 atom stereocenters. The lowest BCUT2D eigenvalue weighted by Crippen LogP contribution is -2.12. The van der Waals surface area contributed by atoms with E-state index in [4.69, 9.17) is 9.84 Å². The van der Waals surface area contributed by atoms with E-state index >= 15 is 0 Å². The van der Waals surface area contributed by atoms with E-state index in [9.17, 15) is 4.79 Å². The Morgan fingerprint density at radius 3 is 2.75 bits per heavy atom. The summed E-state index contributed by atoms with van der Waals surface area (Å²) in [6.45, 7) is 6.86. The van der Waals surface area contributed by atoms with Gasteiger partial charge in [0.25, 0.3) is 0 Å². The van der Waals surface area contributed by atoms with Crippen molar-refractivity contribution < 1.29 is 14.6 Å². The zero-order valence-corrected chi connectivity index (χ0v) is 11.9. The van der Waals surface area contributed by atoms with Crippen molar-refractivity contribution in [2.24, 2.45) is 0 Å². The van der Waals surface area contributed by atoms with E-state index in [-0.39, 0.29) is 5.69 Å². The second kappa shape index (κ2) is 5.77. The molecule has 2 rings (SSSR count). The summed E-state index contributed by atoms with van der Waals surface area (Å²) in [6, 6.07) is 7.49. The highest BCUT2D eigenvalue weighted by Gasteiger charge is 2.10. The molecular weight excluding hydrogens is 256 g/mol. The number of carboxylic acid groups (broad SMARTS) is 1. The van der Waals surface area contributed by atoms with Crippen LogP contribution in [0, 0.1) is 20.8 Å². The lowest BCUT2D eigenvalue weighted by molar-refractivity contribution is 0.0689. The van der Waals surface area contributed by atoms with Gasteiger partial charge >= 0.3 is 5.97 Å². The van der Waals surface area contributed by atoms with Crippen LogP contribution in [-0.4, -0.2) is 27.5 Å². The van der Waals surface area contributed by atoms with Crippen molar-refractivity contribution in [1.29, 1.82) is 0 Å². The van der Waals surface area contributed by atoms with Crippen molar-refractivity contribution in [1.82, 2.24) is 9.78 Å². The third-order valence-corrected chi connectivity index (χ3v) is 3.32. The first-order chi connectivity index (χ1) is 9.49. The summed E-state index contributed by atoms with van der Waals surface area (Å²) < 4.78 is 7.39. The van der Waals surface area contributed by atoms with E-state index in [0.29, 0.717) is 13.2 Å². The third-order valence-electron chi connectivity index (χ3n) is 3.32. The Bertz CT molecular complexity index is 632. The molecule has 106 valence electrons. The average molecular weight is 274 g/mol. The fourth-order valence-corrected chi connectivity index (χ4v) is 1.96. The fourth-order valence-electron chi connectivity index (χ4n) is 1.96. The van der Waals surface area contributed by atoms with Crippen molar-refractivity contribution in [2.45, 2.75) is 27.3 Å². The molecule has 1 aromatic carbocycles. The maximum Gasteiger partial charge on any atom is 0.356 e. The number of hydrogen-bond acceptors (Lipinski definition) is 3. The Kier molecular flexibility index (Phi) is 4.08. The van der Waals surface area contributed by atoms with Gasteiger partial charge in [0, 0.05) is 5.69 Å². The molecule has 2 aromatic rings. The highest BCUT2D eigenvalue weighted by Crippen LogP contribution is 2.20. The third kappa shape index (κ3) is 2.99. The highest BCUT2D eigenvalue weighted by atomic mass is 16.5. The Balaban J connectivity index is 1.99. The number of benzene rings is 1. The molecule has 0 radical (unpaired) electrons. The maximum atomic E-state index is 10.8. The van der Waals surface area contributed by atoms with Gasteiger partial charge in [-0.2, -0.15) is 5.10 Å². The molecule has 0 aliphatic rings. The average Bonchev–Trinajstić information content (AvgIpc) is 2.76. The van der Waals surface area contributed by atoms with Crippen LogP contribution in [0.4, 0.5) is 0 Å². The number of carbonyl (C=O) groups is 1. The summed E-state index contributed by atoms with van der Waals surface area (Å²) >= 11 is 0. The van der Waals surface area contributed by atoms with Gasteiger partial charge in [0.05, 0.1) is 6.54 Å². The lowest BCUT2D eigenvalue weighted by atomic mass is 10.1. The number of aromatic carboxylic acids is 1. The molecule has 1 heterocycles. The smallest absolute Gasteiger partial charge is 0.356 e. The minimum absolute atomic E-state index is 0.0641. The van der Waals surface area contributed by atoms with Crippen LogP contribution in [0.1, 0.15) is 27.3 Å². The molecule has 5 heteroatoms. The normalized spacial score (nSPS) is 10.6. The molecule has 0 aliphatic carbocycles. The van der Waals surface area contributed by atoms with Crippen LogP contribution >= 0.6 is 0 Å². The van der Waals surface area contributed by atoms with Gasteiger partial charge in [-0.05, 0) is 44.0 Å². The number of ether oxygens (including phenoxy) is 1. The largest absolute Gasteiger partial charge is 0.491 e. The maximum absolute atomic E-state index is 10.8. The molecule has 0 amide bonds. The molecule has 0 bridgehead atoms. The molecular formula is C15H18N2O3. The predicted molar refractivity (Wildman–Crippen MR) is 75.3 cm³/mol. The summed E-state index contributed by atoms with van der Waals surface area (Å²) in [7, 11) is 0. The Morgan fingerprint density at radius 2 is 2.10 bits per heavy atom. The molecule has 5 nitrogen and oxygen atoms in total. The van der Waals surface area contributed by atoms with Crippen LogP contribution in [0.3, 0.4) is 0 Å². The standard InChI is InChI=1S/C15H18N2O3/c1-10-5-4-6-14(12(10)3)20-8-7-17-11(2)9-13(16-17)15(18)19/h4-6,9H,7-8H2,1-3H3,(H,18,19). The van der Waals surface area contributed by atoms with Gasteiger partial charge < -0.3 is 9.84 Å². The first kappa shape index (κ1) is 14.1. The van der Waals surface area contributed by atoms with Crippen molar-refractivity contribution in [3.63, 3.8) is 0 Å². The number of aryl methyl sites for hydroxylation is 2. The van der Waals surface area contributed by atoms with Crippen LogP contribution < -0.4 is 4.74 Å². The van der Waals surface area contributed by atoms with Crippen LogP contribution in [0.2, 0.25) is 0 Å². The summed E-state index contributed by atoms with van der Waals surface area (Å²) in [5.74, 6) is -0.157. The molecule has 0 fully saturated rings. The van der Waals surface area contributed by atoms with E-state index < -0.39 is 5.97 Å². The Morgan fingerprint density at radius 1 is 1.35 bits per heavy atom. The summed E-state index contributed by atoms with van der Waals surface area (Å²) in [5.41, 5.74) is 3.18. The fraction of sp³-hybridized carbons (Fsp3) is 0.333. The van der Waals surface area contributed by atoms with Crippen molar-refractivity contribution in [2.75, 3.05) is 6.61 Å². The van der Waals surface area contributed by atoms with Gasteiger partial charge in [-0.3, -0.25) is 4.68 Å². The van der Waals surface area contributed by atoms with E-state index in [2.05, 4.69) is 5.10 Å². The molecule has 1 N–H and O–H groups in total. The monoisotopic (exact) mass is 274 g/mol. The summed E-state index contributed by atoms with van der Waals surface area (Å²) in [5, 5.41) is 12.9. The van der Waals surface area contributed by atoms with E-state index in [0.717, 1.165) is 17.0 Å². The number of nitrogens with zero attached hydrogens (tertiary/aromatic N) is 2. The molecule has 0 saturated carbocycles. The number of rotatable bonds is 5. The topological polar surface area (TPSA) is 64.4 Å². The SMILES string of the molecule is Cc1cccc(OCCn2nc(C(=O)O)cc2C)c1C. The Labute approximate surface area is 117 Å². The molecule has 1 aromatic heterocycles. The molecule has 0 unspecified atom stereocenters. The molecule has 0 saturated heterocycles. The van der Waals surface area contributed by atoms with Gasteiger partial charge in [-0.25, -0.2) is 4.79 Å². The Hall–Kier alpha value is -2.30. The minimum Gasteiger partial charge on any atom is -0.491 e. The van der Waals surface area contributed by atoms with E-state index in [1.165, 1.54) is 5.56 Å². The van der Waals surface area contributed by atoms with Gasteiger partial charge in [0.1, 0.15) is 12.4 Å². The molecule has 0 aliphatic heterocycles. The number of carboxylic acids is 1. The first-order valence-corrected chi connectivity index (χ1v) is 6.46. The molecule has 0 spiro atoms. The first-order valence-electron chi connectivity index (χ1n) is 6.46. The van der Waals surface area contributed by atoms with Crippen molar-refractivity contribution in [3.05, 3.63) is 46.8 Å². The van der Waals surface area contributed by atoms with Crippen molar-refractivity contribution in [3.8, 4) is 5.75 Å². The van der Waals surface area contributed by atoms with Crippen LogP contribution in [-0.2, 0) is 6.54 Å². The minimum atomic E-state index is -1.01. The second-order valence-corrected chi connectivity index (χ2v) is 4.75. The highest BCUT2D eigenvalue weighted by molar-refractivity contribution is 5.85. The zero-order valence-electron chi connectivity index (χ0n) is 11.9. The number of aromatic nitrogens is 2.